The molecule has 1 heterocycles. The Morgan fingerprint density at radius 1 is 1.25 bits per heavy atom. The van der Waals surface area contributed by atoms with Crippen LogP contribution >= 0.6 is 0 Å². The normalized spacial score (nSPS) is 30.5. The van der Waals surface area contributed by atoms with E-state index in [9.17, 15) is 0 Å². The summed E-state index contributed by atoms with van der Waals surface area (Å²) >= 11 is 0. The first-order valence-corrected chi connectivity index (χ1v) is 4.11. The van der Waals surface area contributed by atoms with Crippen LogP contribution in [0.25, 0.3) is 0 Å². The predicted molar refractivity (Wildman–Crippen MR) is 43.0 cm³/mol. The van der Waals surface area contributed by atoms with Gasteiger partial charge >= 0.3 is 0 Å². The third kappa shape index (κ3) is 3.06. The summed E-state index contributed by atoms with van der Waals surface area (Å²) in [6.07, 6.45) is 0.854. The van der Waals surface area contributed by atoms with E-state index in [1.807, 2.05) is 0 Å². The van der Waals surface area contributed by atoms with Crippen LogP contribution in [0.2, 0.25) is 0 Å². The first-order valence-electron chi connectivity index (χ1n) is 4.11. The second kappa shape index (κ2) is 5.48. The number of methoxy groups -OCH3 is 2. The van der Waals surface area contributed by atoms with Gasteiger partial charge in [-0.25, -0.2) is 0 Å². The van der Waals surface area contributed by atoms with Crippen LogP contribution in [0.15, 0.2) is 0 Å². The zero-order valence-corrected chi connectivity index (χ0v) is 7.62. The van der Waals surface area contributed by atoms with Crippen LogP contribution in [0.1, 0.15) is 6.42 Å². The Morgan fingerprint density at radius 2 is 2.08 bits per heavy atom. The minimum atomic E-state index is -0.191. The molecule has 0 spiro atoms. The van der Waals surface area contributed by atoms with Crippen molar-refractivity contribution in [2.45, 2.75) is 18.8 Å². The van der Waals surface area contributed by atoms with Crippen molar-refractivity contribution in [2.75, 3.05) is 34.0 Å². The Kier molecular flexibility index (Phi) is 4.53. The van der Waals surface area contributed by atoms with Gasteiger partial charge in [-0.3, -0.25) is 0 Å². The van der Waals surface area contributed by atoms with Crippen molar-refractivity contribution < 1.29 is 18.9 Å². The predicted octanol–water partition coefficient (Wildman–Crippen LogP) is 0.411. The number of rotatable bonds is 4. The lowest BCUT2D eigenvalue weighted by Crippen LogP contribution is -2.37. The molecule has 2 atom stereocenters. The molecule has 72 valence electrons. The maximum atomic E-state index is 5.45. The van der Waals surface area contributed by atoms with Gasteiger partial charge in [0.1, 0.15) is 0 Å². The fourth-order valence-electron chi connectivity index (χ4n) is 1.08. The molecule has 0 amide bonds. The fourth-order valence-corrected chi connectivity index (χ4v) is 1.08. The van der Waals surface area contributed by atoms with Crippen LogP contribution in [0.5, 0.6) is 0 Å². The molecular weight excluding hydrogens is 160 g/mol. The average Bonchev–Trinajstić information content (AvgIpc) is 2.15. The van der Waals surface area contributed by atoms with Gasteiger partial charge in [-0.1, -0.05) is 0 Å². The van der Waals surface area contributed by atoms with Gasteiger partial charge in [0, 0.05) is 20.8 Å². The molecule has 1 saturated heterocycles. The summed E-state index contributed by atoms with van der Waals surface area (Å²) in [5.74, 6) is 0. The number of hydrogen-bond donors (Lipinski definition) is 0. The van der Waals surface area contributed by atoms with E-state index >= 15 is 0 Å². The van der Waals surface area contributed by atoms with E-state index in [2.05, 4.69) is 0 Å². The van der Waals surface area contributed by atoms with Gasteiger partial charge in [0.25, 0.3) is 0 Å². The molecular formula is C8H16O4. The first-order chi connectivity index (χ1) is 5.86. The molecule has 2 unspecified atom stereocenters. The van der Waals surface area contributed by atoms with Crippen LogP contribution in [-0.2, 0) is 18.9 Å². The fraction of sp³-hybridized carbons (Fsp3) is 1.00. The summed E-state index contributed by atoms with van der Waals surface area (Å²) in [7, 11) is 3.30. The van der Waals surface area contributed by atoms with Crippen LogP contribution < -0.4 is 0 Å². The maximum absolute atomic E-state index is 5.45. The zero-order chi connectivity index (χ0) is 8.81. The van der Waals surface area contributed by atoms with Gasteiger partial charge in [0.15, 0.2) is 6.29 Å². The largest absolute Gasteiger partial charge is 0.385 e. The first kappa shape index (κ1) is 9.92. The van der Waals surface area contributed by atoms with E-state index in [-0.39, 0.29) is 12.4 Å². The lowest BCUT2D eigenvalue weighted by atomic mass is 10.2. The highest BCUT2D eigenvalue weighted by Crippen LogP contribution is 2.10. The lowest BCUT2D eigenvalue weighted by molar-refractivity contribution is -0.226. The van der Waals surface area contributed by atoms with E-state index < -0.39 is 0 Å². The van der Waals surface area contributed by atoms with Gasteiger partial charge in [0.2, 0.25) is 0 Å². The molecule has 0 aromatic rings. The minimum Gasteiger partial charge on any atom is -0.385 e. The van der Waals surface area contributed by atoms with Crippen molar-refractivity contribution in [1.82, 2.24) is 0 Å². The van der Waals surface area contributed by atoms with Crippen molar-refractivity contribution in [2.24, 2.45) is 0 Å². The van der Waals surface area contributed by atoms with E-state index in [0.29, 0.717) is 19.8 Å². The quantitative estimate of drug-likeness (QED) is 0.621. The molecule has 12 heavy (non-hydrogen) atoms. The second-order valence-electron chi connectivity index (χ2n) is 2.74. The summed E-state index contributed by atoms with van der Waals surface area (Å²) in [6, 6.07) is 0. The Morgan fingerprint density at radius 3 is 2.58 bits per heavy atom. The second-order valence-corrected chi connectivity index (χ2v) is 2.74. The molecule has 0 aromatic heterocycles. The van der Waals surface area contributed by atoms with E-state index in [0.717, 1.165) is 6.42 Å². The lowest BCUT2D eigenvalue weighted by Gasteiger charge is -2.28. The summed E-state index contributed by atoms with van der Waals surface area (Å²) in [6.45, 7) is 1.83. The van der Waals surface area contributed by atoms with E-state index in [1.54, 1.807) is 14.2 Å². The highest BCUT2D eigenvalue weighted by Gasteiger charge is 2.21. The molecule has 0 N–H and O–H groups in total. The molecule has 4 heteroatoms. The Labute approximate surface area is 72.7 Å². The Bertz CT molecular complexity index is 110. The van der Waals surface area contributed by atoms with Gasteiger partial charge in [-0.05, 0) is 6.42 Å². The molecule has 0 saturated carbocycles. The Hall–Kier alpha value is -0.160. The smallest absolute Gasteiger partial charge is 0.180 e. The van der Waals surface area contributed by atoms with Crippen LogP contribution in [0, 0.1) is 0 Å². The molecule has 1 aliphatic heterocycles. The minimum absolute atomic E-state index is 0.163. The molecule has 1 rings (SSSR count). The summed E-state index contributed by atoms with van der Waals surface area (Å²) in [5.41, 5.74) is 0. The average molecular weight is 176 g/mol. The molecule has 0 bridgehead atoms. The van der Waals surface area contributed by atoms with Crippen LogP contribution in [-0.4, -0.2) is 46.4 Å². The zero-order valence-electron chi connectivity index (χ0n) is 7.62. The van der Waals surface area contributed by atoms with Crippen molar-refractivity contribution >= 4 is 0 Å². The topological polar surface area (TPSA) is 36.9 Å². The van der Waals surface area contributed by atoms with Crippen molar-refractivity contribution in [1.29, 1.82) is 0 Å². The van der Waals surface area contributed by atoms with Gasteiger partial charge in [0.05, 0.1) is 19.3 Å². The van der Waals surface area contributed by atoms with E-state index in [1.165, 1.54) is 0 Å². The SMILES string of the molecule is COCCC1COC(OC)CO1. The summed E-state index contributed by atoms with van der Waals surface area (Å²) < 4.78 is 20.7. The van der Waals surface area contributed by atoms with Gasteiger partial charge in [-0.2, -0.15) is 0 Å². The standard InChI is InChI=1S/C8H16O4/c1-9-4-3-7-5-12-8(10-2)6-11-7/h7-8H,3-6H2,1-2H3. The van der Waals surface area contributed by atoms with Gasteiger partial charge in [-0.15, -0.1) is 0 Å². The highest BCUT2D eigenvalue weighted by atomic mass is 16.7. The van der Waals surface area contributed by atoms with Gasteiger partial charge < -0.3 is 18.9 Å². The Balaban J connectivity index is 2.09. The molecule has 0 radical (unpaired) electrons. The third-order valence-corrected chi connectivity index (χ3v) is 1.84. The van der Waals surface area contributed by atoms with E-state index in [4.69, 9.17) is 18.9 Å². The van der Waals surface area contributed by atoms with Crippen molar-refractivity contribution in [3.05, 3.63) is 0 Å². The highest BCUT2D eigenvalue weighted by molar-refractivity contribution is 4.62. The monoisotopic (exact) mass is 176 g/mol. The molecule has 1 fully saturated rings. The summed E-state index contributed by atoms with van der Waals surface area (Å²) in [5, 5.41) is 0. The molecule has 0 aromatic carbocycles. The van der Waals surface area contributed by atoms with Crippen LogP contribution in [0.3, 0.4) is 0 Å². The van der Waals surface area contributed by atoms with Crippen molar-refractivity contribution in [3.63, 3.8) is 0 Å². The third-order valence-electron chi connectivity index (χ3n) is 1.84. The molecule has 1 aliphatic rings. The number of ether oxygens (including phenoxy) is 4. The number of hydrogen-bond acceptors (Lipinski definition) is 4. The molecule has 4 nitrogen and oxygen atoms in total. The maximum Gasteiger partial charge on any atom is 0.180 e. The molecule has 0 aliphatic carbocycles. The summed E-state index contributed by atoms with van der Waals surface area (Å²) in [4.78, 5) is 0. The van der Waals surface area contributed by atoms with Crippen molar-refractivity contribution in [3.8, 4) is 0 Å². The van der Waals surface area contributed by atoms with Crippen LogP contribution in [0.4, 0.5) is 0 Å².